The lowest BCUT2D eigenvalue weighted by atomic mass is 10.1. The molecule has 176 valence electrons. The molecule has 0 unspecified atom stereocenters. The Morgan fingerprint density at radius 2 is 1.82 bits per heavy atom. The summed E-state index contributed by atoms with van der Waals surface area (Å²) < 4.78 is 11.6. The highest BCUT2D eigenvalue weighted by Gasteiger charge is 2.37. The number of nitrogens with zero attached hydrogens (tertiary/aromatic N) is 2. The fourth-order valence-corrected chi connectivity index (χ4v) is 5.21. The van der Waals surface area contributed by atoms with Crippen molar-refractivity contribution in [3.63, 3.8) is 0 Å². The van der Waals surface area contributed by atoms with Crippen LogP contribution in [0, 0.1) is 3.57 Å². The third-order valence-corrected chi connectivity index (χ3v) is 7.09. The molecule has 2 saturated heterocycles. The minimum Gasteiger partial charge on any atom is -0.493 e. The minimum absolute atomic E-state index is 0.214. The zero-order valence-corrected chi connectivity index (χ0v) is 21.3. The predicted molar refractivity (Wildman–Crippen MR) is 136 cm³/mol. The van der Waals surface area contributed by atoms with E-state index in [2.05, 4.69) is 0 Å². The maximum absolute atomic E-state index is 12.8. The zero-order chi connectivity index (χ0) is 24.2. The van der Waals surface area contributed by atoms with E-state index in [4.69, 9.17) is 9.47 Å². The monoisotopic (exact) mass is 592 g/mol. The third-order valence-electron chi connectivity index (χ3n) is 5.38. The van der Waals surface area contributed by atoms with Crippen LogP contribution in [0.15, 0.2) is 47.4 Å². The third kappa shape index (κ3) is 5.27. The van der Waals surface area contributed by atoms with Crippen molar-refractivity contribution >= 4 is 63.5 Å². The van der Waals surface area contributed by atoms with Gasteiger partial charge in [0.15, 0.2) is 11.5 Å². The zero-order valence-electron chi connectivity index (χ0n) is 18.3. The van der Waals surface area contributed by atoms with Crippen LogP contribution in [0.5, 0.6) is 11.5 Å². The van der Waals surface area contributed by atoms with E-state index in [1.807, 2.05) is 22.6 Å². The smallest absolute Gasteiger partial charge is 0.343 e. The summed E-state index contributed by atoms with van der Waals surface area (Å²) in [6.07, 6.45) is 3.44. The molecule has 34 heavy (non-hydrogen) atoms. The SMILES string of the molecule is COc1cc(/C=C2\SC(=O)N(CC(=O)N3CCCC3)C2=O)cc(I)c1OC(=O)c1ccccc1. The number of carbonyl (C=O) groups is 4. The quantitative estimate of drug-likeness (QED) is 0.215. The molecular formula is C24H21IN2O6S. The van der Waals surface area contributed by atoms with Crippen LogP contribution in [-0.4, -0.2) is 59.6 Å². The molecule has 0 saturated carbocycles. The summed E-state index contributed by atoms with van der Waals surface area (Å²) in [5.41, 5.74) is 0.999. The Kier molecular flexibility index (Phi) is 7.57. The lowest BCUT2D eigenvalue weighted by Crippen LogP contribution is -2.40. The van der Waals surface area contributed by atoms with Gasteiger partial charge >= 0.3 is 5.97 Å². The molecule has 2 heterocycles. The second-order valence-electron chi connectivity index (χ2n) is 7.65. The number of methoxy groups -OCH3 is 1. The van der Waals surface area contributed by atoms with Crippen LogP contribution in [-0.2, 0) is 9.59 Å². The van der Waals surface area contributed by atoms with Crippen molar-refractivity contribution in [2.24, 2.45) is 0 Å². The van der Waals surface area contributed by atoms with Gasteiger partial charge in [-0.1, -0.05) is 18.2 Å². The summed E-state index contributed by atoms with van der Waals surface area (Å²) in [5.74, 6) is -0.671. The molecular weight excluding hydrogens is 571 g/mol. The first kappa shape index (κ1) is 24.3. The number of ether oxygens (including phenoxy) is 2. The van der Waals surface area contributed by atoms with Crippen LogP contribution in [0.4, 0.5) is 4.79 Å². The van der Waals surface area contributed by atoms with Crippen LogP contribution in [0.2, 0.25) is 0 Å². The Morgan fingerprint density at radius 1 is 1.12 bits per heavy atom. The lowest BCUT2D eigenvalue weighted by molar-refractivity contribution is -0.135. The molecule has 2 aromatic carbocycles. The topological polar surface area (TPSA) is 93.2 Å². The van der Waals surface area contributed by atoms with E-state index in [0.29, 0.717) is 33.5 Å². The Labute approximate surface area is 214 Å². The molecule has 10 heteroatoms. The first-order valence-corrected chi connectivity index (χ1v) is 12.4. The fraction of sp³-hybridized carbons (Fsp3) is 0.250. The second-order valence-corrected chi connectivity index (χ2v) is 9.80. The van der Waals surface area contributed by atoms with Crippen LogP contribution < -0.4 is 9.47 Å². The average molecular weight is 592 g/mol. The van der Waals surface area contributed by atoms with E-state index >= 15 is 0 Å². The fourth-order valence-electron chi connectivity index (χ4n) is 3.64. The summed E-state index contributed by atoms with van der Waals surface area (Å²) >= 11 is 2.81. The molecule has 2 fully saturated rings. The first-order chi connectivity index (χ1) is 16.4. The standard InChI is InChI=1S/C24H21IN2O6S/c1-32-18-12-15(11-17(25)21(18)33-23(30)16-7-3-2-4-8-16)13-19-22(29)27(24(31)34-19)14-20(28)26-9-5-6-10-26/h2-4,7-8,11-13H,5-6,9-10,14H2,1H3/b19-13-. The molecule has 0 N–H and O–H groups in total. The van der Waals surface area contributed by atoms with Crippen LogP contribution in [0.1, 0.15) is 28.8 Å². The number of hydrogen-bond donors (Lipinski definition) is 0. The van der Waals surface area contributed by atoms with Crippen molar-refractivity contribution in [1.29, 1.82) is 0 Å². The van der Waals surface area contributed by atoms with Crippen LogP contribution in [0.3, 0.4) is 0 Å². The summed E-state index contributed by atoms with van der Waals surface area (Å²) in [5, 5.41) is -0.473. The molecule has 0 aliphatic carbocycles. The molecule has 2 aliphatic heterocycles. The molecule has 8 nitrogen and oxygen atoms in total. The van der Waals surface area contributed by atoms with Crippen molar-refractivity contribution in [3.05, 3.63) is 62.1 Å². The number of imide groups is 1. The molecule has 0 radical (unpaired) electrons. The highest BCUT2D eigenvalue weighted by Crippen LogP contribution is 2.37. The normalized spacial score (nSPS) is 16.9. The molecule has 0 atom stereocenters. The van der Waals surface area contributed by atoms with Gasteiger partial charge in [0.1, 0.15) is 6.54 Å². The molecule has 0 aromatic heterocycles. The van der Waals surface area contributed by atoms with Crippen LogP contribution in [0.25, 0.3) is 6.08 Å². The number of hydrogen-bond acceptors (Lipinski definition) is 7. The van der Waals surface area contributed by atoms with Crippen molar-refractivity contribution in [2.75, 3.05) is 26.7 Å². The van der Waals surface area contributed by atoms with Crippen LogP contribution >= 0.6 is 34.4 Å². The summed E-state index contributed by atoms with van der Waals surface area (Å²) in [4.78, 5) is 53.0. The number of benzene rings is 2. The maximum Gasteiger partial charge on any atom is 0.343 e. The van der Waals surface area contributed by atoms with Gasteiger partial charge in [-0.25, -0.2) is 4.79 Å². The number of halogens is 1. The van der Waals surface area contributed by atoms with E-state index in [-0.39, 0.29) is 23.1 Å². The number of likely N-dealkylation sites (tertiary alicyclic amines) is 1. The number of esters is 1. The molecule has 4 rings (SSSR count). The molecule has 0 spiro atoms. The predicted octanol–water partition coefficient (Wildman–Crippen LogP) is 4.18. The van der Waals surface area contributed by atoms with E-state index in [0.717, 1.165) is 29.5 Å². The number of thioether (sulfide) groups is 1. The minimum atomic E-state index is -0.520. The van der Waals surface area contributed by atoms with Gasteiger partial charge in [-0.2, -0.15) is 0 Å². The van der Waals surface area contributed by atoms with Crippen molar-refractivity contribution in [2.45, 2.75) is 12.8 Å². The van der Waals surface area contributed by atoms with Gasteiger partial charge in [0, 0.05) is 13.1 Å². The van der Waals surface area contributed by atoms with E-state index in [1.165, 1.54) is 7.11 Å². The Bertz CT molecular complexity index is 1180. The maximum atomic E-state index is 12.8. The molecule has 2 aliphatic rings. The highest BCUT2D eigenvalue weighted by molar-refractivity contribution is 14.1. The highest BCUT2D eigenvalue weighted by atomic mass is 127. The van der Waals surface area contributed by atoms with E-state index in [9.17, 15) is 19.2 Å². The summed E-state index contributed by atoms with van der Waals surface area (Å²) in [6.45, 7) is 1.06. The van der Waals surface area contributed by atoms with E-state index < -0.39 is 17.1 Å². The van der Waals surface area contributed by atoms with Gasteiger partial charge in [-0.3, -0.25) is 19.3 Å². The Balaban J connectivity index is 1.52. The number of rotatable bonds is 6. The number of carbonyl (C=O) groups excluding carboxylic acids is 4. The van der Waals surface area contributed by atoms with Crippen molar-refractivity contribution < 1.29 is 28.7 Å². The molecule has 3 amide bonds. The molecule has 0 bridgehead atoms. The molecule has 2 aromatic rings. The van der Waals surface area contributed by atoms with Gasteiger partial charge in [-0.05, 0) is 83.1 Å². The van der Waals surface area contributed by atoms with E-state index in [1.54, 1.807) is 53.4 Å². The van der Waals surface area contributed by atoms with Crippen molar-refractivity contribution in [1.82, 2.24) is 9.80 Å². The Morgan fingerprint density at radius 3 is 2.50 bits per heavy atom. The van der Waals surface area contributed by atoms with Gasteiger partial charge in [0.2, 0.25) is 5.91 Å². The van der Waals surface area contributed by atoms with Gasteiger partial charge in [-0.15, -0.1) is 0 Å². The average Bonchev–Trinajstić information content (AvgIpc) is 3.46. The van der Waals surface area contributed by atoms with Crippen molar-refractivity contribution in [3.8, 4) is 11.5 Å². The van der Waals surface area contributed by atoms with Gasteiger partial charge in [0.25, 0.3) is 11.1 Å². The second kappa shape index (κ2) is 10.6. The lowest BCUT2D eigenvalue weighted by Gasteiger charge is -2.18. The number of amides is 3. The summed E-state index contributed by atoms with van der Waals surface area (Å²) in [6, 6.07) is 11.9. The summed E-state index contributed by atoms with van der Waals surface area (Å²) in [7, 11) is 1.45. The first-order valence-electron chi connectivity index (χ1n) is 10.6. The van der Waals surface area contributed by atoms with Gasteiger partial charge < -0.3 is 14.4 Å². The largest absolute Gasteiger partial charge is 0.493 e. The van der Waals surface area contributed by atoms with Gasteiger partial charge in [0.05, 0.1) is 21.1 Å². The Hall–Kier alpha value is -2.86.